The van der Waals surface area contributed by atoms with Crippen molar-refractivity contribution in [3.8, 4) is 0 Å². The summed E-state index contributed by atoms with van der Waals surface area (Å²) in [6, 6.07) is 4.43. The Labute approximate surface area is 135 Å². The third-order valence-electron chi connectivity index (χ3n) is 3.55. The van der Waals surface area contributed by atoms with Gasteiger partial charge in [0.25, 0.3) is 0 Å². The highest BCUT2D eigenvalue weighted by atomic mass is 35.5. The number of nitrogens with two attached hydrogens (primary N) is 1. The molecule has 1 aromatic rings. The van der Waals surface area contributed by atoms with Gasteiger partial charge in [-0.05, 0) is 45.1 Å². The number of thiocarbonyl (C=S) groups is 1. The van der Waals surface area contributed by atoms with E-state index < -0.39 is 10.0 Å². The monoisotopic (exact) mass is 347 g/mol. The van der Waals surface area contributed by atoms with E-state index in [1.807, 2.05) is 7.05 Å². The molecule has 1 aliphatic rings. The molecule has 8 heteroatoms. The molecule has 0 amide bonds. The van der Waals surface area contributed by atoms with Gasteiger partial charge < -0.3 is 10.6 Å². The molecule has 0 aromatic heterocycles. The Bertz CT molecular complexity index is 641. The van der Waals surface area contributed by atoms with Gasteiger partial charge in [0.05, 0.1) is 5.02 Å². The molecule has 0 atom stereocenters. The second-order valence-corrected chi connectivity index (χ2v) is 7.74. The molecule has 0 saturated carbocycles. The Hall–Kier alpha value is -0.730. The molecule has 2 rings (SSSR count). The smallest absolute Gasteiger partial charge is 0.242 e. The van der Waals surface area contributed by atoms with Gasteiger partial charge in [0.15, 0.2) is 0 Å². The Kier molecular flexibility index (Phi) is 5.21. The summed E-state index contributed by atoms with van der Waals surface area (Å²) in [5, 5.41) is 0.126. The molecule has 0 radical (unpaired) electrons. The summed E-state index contributed by atoms with van der Waals surface area (Å²) in [6.45, 7) is 1.75. The van der Waals surface area contributed by atoms with E-state index in [-0.39, 0.29) is 20.9 Å². The summed E-state index contributed by atoms with van der Waals surface area (Å²) in [5.74, 6) is 0. The molecule has 5 nitrogen and oxygen atoms in total. The lowest BCUT2D eigenvalue weighted by Gasteiger charge is -2.29. The number of sulfonamides is 1. The maximum Gasteiger partial charge on any atom is 0.242 e. The summed E-state index contributed by atoms with van der Waals surface area (Å²) in [5.41, 5.74) is 6.06. The first kappa shape index (κ1) is 16.6. The lowest BCUT2D eigenvalue weighted by atomic mass is 10.1. The average Bonchev–Trinajstić information content (AvgIpc) is 2.40. The number of benzene rings is 1. The van der Waals surface area contributed by atoms with Crippen LogP contribution in [0.5, 0.6) is 0 Å². The highest BCUT2D eigenvalue weighted by Gasteiger charge is 2.25. The SMILES string of the molecule is CN1CCC(NS(=O)(=O)c2ccc(C(N)=S)cc2Cl)CC1. The van der Waals surface area contributed by atoms with Crippen LogP contribution in [0.2, 0.25) is 5.02 Å². The predicted octanol–water partition coefficient (Wildman–Crippen LogP) is 1.35. The van der Waals surface area contributed by atoms with Crippen LogP contribution in [0.15, 0.2) is 23.1 Å². The fourth-order valence-electron chi connectivity index (χ4n) is 2.28. The molecule has 0 aliphatic carbocycles. The summed E-state index contributed by atoms with van der Waals surface area (Å²) in [6.07, 6.45) is 1.58. The van der Waals surface area contributed by atoms with Crippen molar-refractivity contribution >= 4 is 38.8 Å². The zero-order chi connectivity index (χ0) is 15.6. The van der Waals surface area contributed by atoms with E-state index in [0.717, 1.165) is 25.9 Å². The quantitative estimate of drug-likeness (QED) is 0.804. The van der Waals surface area contributed by atoms with Crippen molar-refractivity contribution in [3.63, 3.8) is 0 Å². The van der Waals surface area contributed by atoms with E-state index in [1.54, 1.807) is 6.07 Å². The van der Waals surface area contributed by atoms with Gasteiger partial charge in [-0.1, -0.05) is 29.9 Å². The molecule has 1 heterocycles. The van der Waals surface area contributed by atoms with Crippen molar-refractivity contribution in [1.82, 2.24) is 9.62 Å². The minimum Gasteiger partial charge on any atom is -0.389 e. The van der Waals surface area contributed by atoms with E-state index in [9.17, 15) is 8.42 Å². The number of rotatable bonds is 4. The first-order valence-electron chi connectivity index (χ1n) is 6.60. The molecule has 1 aromatic carbocycles. The lowest BCUT2D eigenvalue weighted by molar-refractivity contribution is 0.248. The van der Waals surface area contributed by atoms with Gasteiger partial charge in [0, 0.05) is 11.6 Å². The minimum absolute atomic E-state index is 0.0578. The number of hydrogen-bond acceptors (Lipinski definition) is 4. The Morgan fingerprint density at radius 3 is 2.57 bits per heavy atom. The van der Waals surface area contributed by atoms with E-state index >= 15 is 0 Å². The largest absolute Gasteiger partial charge is 0.389 e. The highest BCUT2D eigenvalue weighted by Crippen LogP contribution is 2.23. The predicted molar refractivity (Wildman–Crippen MR) is 88.2 cm³/mol. The normalized spacial score (nSPS) is 17.8. The maximum absolute atomic E-state index is 12.4. The zero-order valence-electron chi connectivity index (χ0n) is 11.7. The number of piperidine rings is 1. The van der Waals surface area contributed by atoms with E-state index in [1.165, 1.54) is 12.1 Å². The summed E-state index contributed by atoms with van der Waals surface area (Å²) in [4.78, 5) is 2.42. The molecular weight excluding hydrogens is 330 g/mol. The number of halogens is 1. The van der Waals surface area contributed by atoms with Gasteiger partial charge in [-0.2, -0.15) is 0 Å². The second kappa shape index (κ2) is 6.58. The first-order chi connectivity index (χ1) is 9.79. The molecular formula is C13H18ClN3O2S2. The van der Waals surface area contributed by atoms with Crippen LogP contribution < -0.4 is 10.5 Å². The first-order valence-corrected chi connectivity index (χ1v) is 8.87. The molecule has 1 fully saturated rings. The Morgan fingerprint density at radius 1 is 1.43 bits per heavy atom. The third-order valence-corrected chi connectivity index (χ3v) is 5.79. The van der Waals surface area contributed by atoms with Crippen molar-refractivity contribution in [1.29, 1.82) is 0 Å². The fourth-order valence-corrected chi connectivity index (χ4v) is 4.26. The van der Waals surface area contributed by atoms with Crippen molar-refractivity contribution in [2.45, 2.75) is 23.8 Å². The van der Waals surface area contributed by atoms with E-state index in [2.05, 4.69) is 9.62 Å². The Balaban J connectivity index is 2.18. The lowest BCUT2D eigenvalue weighted by Crippen LogP contribution is -2.43. The molecule has 3 N–H and O–H groups in total. The van der Waals surface area contributed by atoms with Crippen LogP contribution in [0, 0.1) is 0 Å². The fraction of sp³-hybridized carbons (Fsp3) is 0.462. The Morgan fingerprint density at radius 2 is 2.05 bits per heavy atom. The van der Waals surface area contributed by atoms with Crippen LogP contribution in [-0.2, 0) is 10.0 Å². The van der Waals surface area contributed by atoms with Gasteiger partial charge in [-0.15, -0.1) is 0 Å². The maximum atomic E-state index is 12.4. The van der Waals surface area contributed by atoms with Gasteiger partial charge in [-0.3, -0.25) is 0 Å². The number of likely N-dealkylation sites (tertiary alicyclic amines) is 1. The minimum atomic E-state index is -3.64. The highest BCUT2D eigenvalue weighted by molar-refractivity contribution is 7.89. The van der Waals surface area contributed by atoms with Gasteiger partial charge in [-0.25, -0.2) is 13.1 Å². The van der Waals surface area contributed by atoms with E-state index in [4.69, 9.17) is 29.6 Å². The van der Waals surface area contributed by atoms with Crippen molar-refractivity contribution in [2.24, 2.45) is 5.73 Å². The molecule has 0 bridgehead atoms. The molecule has 1 saturated heterocycles. The van der Waals surface area contributed by atoms with Gasteiger partial charge in [0.1, 0.15) is 9.88 Å². The number of nitrogens with zero attached hydrogens (tertiary/aromatic N) is 1. The van der Waals surface area contributed by atoms with Crippen LogP contribution in [0.25, 0.3) is 0 Å². The summed E-state index contributed by atoms with van der Waals surface area (Å²) in [7, 11) is -1.61. The second-order valence-electron chi connectivity index (χ2n) is 5.21. The van der Waals surface area contributed by atoms with Crippen LogP contribution in [0.3, 0.4) is 0 Å². The van der Waals surface area contributed by atoms with E-state index in [0.29, 0.717) is 5.56 Å². The van der Waals surface area contributed by atoms with Crippen molar-refractivity contribution in [2.75, 3.05) is 20.1 Å². The number of nitrogens with one attached hydrogen (secondary N) is 1. The molecule has 0 spiro atoms. The summed E-state index contributed by atoms with van der Waals surface area (Å²) >= 11 is 10.9. The topological polar surface area (TPSA) is 75.4 Å². The molecule has 1 aliphatic heterocycles. The van der Waals surface area contributed by atoms with Gasteiger partial charge >= 0.3 is 0 Å². The van der Waals surface area contributed by atoms with Crippen LogP contribution in [0.4, 0.5) is 0 Å². The third kappa shape index (κ3) is 4.14. The van der Waals surface area contributed by atoms with Crippen molar-refractivity contribution in [3.05, 3.63) is 28.8 Å². The van der Waals surface area contributed by atoms with Crippen LogP contribution in [0.1, 0.15) is 18.4 Å². The van der Waals surface area contributed by atoms with Crippen molar-refractivity contribution < 1.29 is 8.42 Å². The molecule has 21 heavy (non-hydrogen) atoms. The average molecular weight is 348 g/mol. The zero-order valence-corrected chi connectivity index (χ0v) is 14.1. The summed E-state index contributed by atoms with van der Waals surface area (Å²) < 4.78 is 27.5. The number of hydrogen-bond donors (Lipinski definition) is 2. The van der Waals surface area contributed by atoms with Crippen LogP contribution >= 0.6 is 23.8 Å². The standard InChI is InChI=1S/C13H18ClN3O2S2/c1-17-6-4-10(5-7-17)16-21(18,19)12-3-2-9(13(15)20)8-11(12)14/h2-3,8,10,16H,4-7H2,1H3,(H2,15,20). The molecule has 0 unspecified atom stereocenters. The molecule has 116 valence electrons. The van der Waals surface area contributed by atoms with Gasteiger partial charge in [0.2, 0.25) is 10.0 Å². The van der Waals surface area contributed by atoms with Crippen LogP contribution in [-0.4, -0.2) is 44.5 Å².